The summed E-state index contributed by atoms with van der Waals surface area (Å²) >= 11 is 0. The summed E-state index contributed by atoms with van der Waals surface area (Å²) < 4.78 is 2.30. The van der Waals surface area contributed by atoms with E-state index in [4.69, 9.17) is 4.98 Å². The van der Waals surface area contributed by atoms with Crippen LogP contribution in [-0.4, -0.2) is 9.55 Å². The van der Waals surface area contributed by atoms with Crippen LogP contribution >= 0.6 is 0 Å². The van der Waals surface area contributed by atoms with Crippen LogP contribution in [0.5, 0.6) is 0 Å². The van der Waals surface area contributed by atoms with Gasteiger partial charge in [-0.15, -0.1) is 0 Å². The Hall–Kier alpha value is -2.35. The van der Waals surface area contributed by atoms with Gasteiger partial charge in [-0.05, 0) is 51.7 Å². The van der Waals surface area contributed by atoms with Crippen molar-refractivity contribution in [2.75, 3.05) is 0 Å². The van der Waals surface area contributed by atoms with Crippen molar-refractivity contribution in [3.63, 3.8) is 0 Å². The van der Waals surface area contributed by atoms with Gasteiger partial charge >= 0.3 is 0 Å². The van der Waals surface area contributed by atoms with E-state index >= 15 is 0 Å². The van der Waals surface area contributed by atoms with Crippen molar-refractivity contribution in [2.45, 2.75) is 46.0 Å². The third-order valence-corrected chi connectivity index (χ3v) is 4.17. The van der Waals surface area contributed by atoms with E-state index in [0.717, 1.165) is 29.9 Å². The number of hydrogen-bond donors (Lipinski definition) is 0. The first-order chi connectivity index (χ1) is 11.8. The smallest absolute Gasteiger partial charge is 0.145 e. The van der Waals surface area contributed by atoms with E-state index in [1.807, 2.05) is 38.2 Å². The zero-order valence-electron chi connectivity index (χ0n) is 15.0. The van der Waals surface area contributed by atoms with Gasteiger partial charge in [0.05, 0.1) is 5.69 Å². The molecular formula is C22H28N2. The summed E-state index contributed by atoms with van der Waals surface area (Å²) in [5, 5.41) is 0. The summed E-state index contributed by atoms with van der Waals surface area (Å²) in [5.41, 5.74) is 4.77. The topological polar surface area (TPSA) is 17.8 Å². The molecule has 2 heteroatoms. The van der Waals surface area contributed by atoms with Crippen LogP contribution in [0.2, 0.25) is 0 Å². The van der Waals surface area contributed by atoms with Crippen molar-refractivity contribution < 1.29 is 0 Å². The average Bonchev–Trinajstić information content (AvgIpc) is 2.77. The molecule has 1 aliphatic rings. The summed E-state index contributed by atoms with van der Waals surface area (Å²) in [6, 6.07) is 0. The SMILES string of the molecule is C=C/C=C(\C=C/C)c1nc2c(n1C(/C=C\C)=C/C=C)CCCCC2. The lowest BCUT2D eigenvalue weighted by Crippen LogP contribution is -2.05. The first-order valence-corrected chi connectivity index (χ1v) is 8.78. The standard InChI is InChI=1S/C22H28N2/c1-5-12-18(13-6-2)22-23-20-16-10-9-11-17-21(20)24(22)19(14-7-3)15-8-4/h5-8,12-15H,1,3,9-11,16-17H2,2,4H3/b13-6-,15-8-,18-12+,19-14+. The Morgan fingerprint density at radius 1 is 0.958 bits per heavy atom. The Morgan fingerprint density at radius 2 is 1.67 bits per heavy atom. The molecule has 0 saturated heterocycles. The van der Waals surface area contributed by atoms with E-state index in [0.29, 0.717) is 0 Å². The summed E-state index contributed by atoms with van der Waals surface area (Å²) in [6.07, 6.45) is 21.9. The van der Waals surface area contributed by atoms with Crippen LogP contribution in [0, 0.1) is 0 Å². The molecule has 0 fully saturated rings. The van der Waals surface area contributed by atoms with Crippen molar-refractivity contribution in [1.82, 2.24) is 9.55 Å². The monoisotopic (exact) mass is 320 g/mol. The molecule has 0 saturated carbocycles. The second kappa shape index (κ2) is 9.07. The first-order valence-electron chi connectivity index (χ1n) is 8.78. The molecular weight excluding hydrogens is 292 g/mol. The molecule has 0 amide bonds. The summed E-state index contributed by atoms with van der Waals surface area (Å²) in [6.45, 7) is 11.8. The third kappa shape index (κ3) is 3.94. The Labute approximate surface area is 146 Å². The summed E-state index contributed by atoms with van der Waals surface area (Å²) in [4.78, 5) is 5.02. The normalized spacial score (nSPS) is 16.4. The summed E-state index contributed by atoms with van der Waals surface area (Å²) in [5.74, 6) is 0.992. The van der Waals surface area contributed by atoms with Crippen molar-refractivity contribution in [3.05, 3.63) is 79.0 Å². The largest absolute Gasteiger partial charge is 0.297 e. The number of hydrogen-bond acceptors (Lipinski definition) is 1. The predicted octanol–water partition coefficient (Wildman–Crippen LogP) is 5.90. The molecule has 0 N–H and O–H groups in total. The maximum Gasteiger partial charge on any atom is 0.145 e. The van der Waals surface area contributed by atoms with Gasteiger partial charge in [-0.3, -0.25) is 4.57 Å². The molecule has 0 radical (unpaired) electrons. The molecule has 0 aromatic carbocycles. The third-order valence-electron chi connectivity index (χ3n) is 4.17. The summed E-state index contributed by atoms with van der Waals surface area (Å²) in [7, 11) is 0. The molecule has 1 aromatic rings. The van der Waals surface area contributed by atoms with Crippen LogP contribution in [-0.2, 0) is 12.8 Å². The molecule has 0 aliphatic heterocycles. The van der Waals surface area contributed by atoms with E-state index in [1.54, 1.807) is 0 Å². The fourth-order valence-corrected chi connectivity index (χ4v) is 3.20. The molecule has 0 spiro atoms. The van der Waals surface area contributed by atoms with Gasteiger partial charge in [0.2, 0.25) is 0 Å². The van der Waals surface area contributed by atoms with Crippen molar-refractivity contribution in [2.24, 2.45) is 0 Å². The molecule has 2 nitrogen and oxygen atoms in total. The maximum atomic E-state index is 5.02. The number of imidazole rings is 1. The number of aromatic nitrogens is 2. The minimum absolute atomic E-state index is 0.992. The Kier molecular flexibility index (Phi) is 6.80. The molecule has 24 heavy (non-hydrogen) atoms. The van der Waals surface area contributed by atoms with Gasteiger partial charge in [-0.1, -0.05) is 56.0 Å². The minimum Gasteiger partial charge on any atom is -0.297 e. The van der Waals surface area contributed by atoms with Crippen LogP contribution in [0.1, 0.15) is 50.3 Å². The van der Waals surface area contributed by atoms with Crippen molar-refractivity contribution >= 4 is 11.3 Å². The fraction of sp³-hybridized carbons (Fsp3) is 0.318. The molecule has 1 aliphatic carbocycles. The number of allylic oxidation sites excluding steroid dienone is 10. The quantitative estimate of drug-likeness (QED) is 0.471. The molecule has 0 atom stereocenters. The second-order valence-electron chi connectivity index (χ2n) is 5.91. The predicted molar refractivity (Wildman–Crippen MR) is 106 cm³/mol. The number of fused-ring (bicyclic) bond motifs is 1. The average molecular weight is 320 g/mol. The van der Waals surface area contributed by atoms with Crippen LogP contribution < -0.4 is 0 Å². The highest BCUT2D eigenvalue weighted by atomic mass is 15.1. The Morgan fingerprint density at radius 3 is 2.33 bits per heavy atom. The lowest BCUT2D eigenvalue weighted by Gasteiger charge is -2.13. The molecule has 0 unspecified atom stereocenters. The molecule has 0 bridgehead atoms. The number of rotatable bonds is 6. The van der Waals surface area contributed by atoms with Crippen molar-refractivity contribution in [3.8, 4) is 0 Å². The van der Waals surface area contributed by atoms with Crippen LogP contribution in [0.4, 0.5) is 0 Å². The Bertz CT molecular complexity index is 709. The van der Waals surface area contributed by atoms with Gasteiger partial charge in [-0.25, -0.2) is 4.98 Å². The van der Waals surface area contributed by atoms with Gasteiger partial charge in [0, 0.05) is 17.0 Å². The maximum absolute atomic E-state index is 5.02. The fourth-order valence-electron chi connectivity index (χ4n) is 3.20. The van der Waals surface area contributed by atoms with Gasteiger partial charge in [-0.2, -0.15) is 0 Å². The van der Waals surface area contributed by atoms with E-state index in [-0.39, 0.29) is 0 Å². The highest BCUT2D eigenvalue weighted by Crippen LogP contribution is 2.29. The lowest BCUT2D eigenvalue weighted by atomic mass is 10.1. The van der Waals surface area contributed by atoms with Gasteiger partial charge in [0.15, 0.2) is 0 Å². The highest BCUT2D eigenvalue weighted by Gasteiger charge is 2.21. The lowest BCUT2D eigenvalue weighted by molar-refractivity contribution is 0.697. The molecule has 1 heterocycles. The Balaban J connectivity index is 2.74. The van der Waals surface area contributed by atoms with Gasteiger partial charge in [0.1, 0.15) is 5.82 Å². The number of nitrogens with zero attached hydrogens (tertiary/aromatic N) is 2. The van der Waals surface area contributed by atoms with E-state index in [2.05, 4.69) is 42.0 Å². The van der Waals surface area contributed by atoms with Crippen LogP contribution in [0.3, 0.4) is 0 Å². The zero-order valence-corrected chi connectivity index (χ0v) is 15.0. The second-order valence-corrected chi connectivity index (χ2v) is 5.91. The van der Waals surface area contributed by atoms with Crippen LogP contribution in [0.25, 0.3) is 11.3 Å². The highest BCUT2D eigenvalue weighted by molar-refractivity contribution is 5.76. The molecule has 126 valence electrons. The first kappa shape index (κ1) is 18.0. The minimum atomic E-state index is 0.992. The van der Waals surface area contributed by atoms with Crippen molar-refractivity contribution in [1.29, 1.82) is 0 Å². The van der Waals surface area contributed by atoms with E-state index in [1.165, 1.54) is 30.7 Å². The van der Waals surface area contributed by atoms with Crippen LogP contribution in [0.15, 0.2) is 61.8 Å². The number of aryl methyl sites for hydroxylation is 1. The van der Waals surface area contributed by atoms with E-state index < -0.39 is 0 Å². The van der Waals surface area contributed by atoms with Gasteiger partial charge in [0.25, 0.3) is 0 Å². The van der Waals surface area contributed by atoms with Gasteiger partial charge < -0.3 is 0 Å². The molecule has 1 aromatic heterocycles. The zero-order chi connectivity index (χ0) is 17.4. The van der Waals surface area contributed by atoms with E-state index in [9.17, 15) is 0 Å². The molecule has 2 rings (SSSR count).